The van der Waals surface area contributed by atoms with Gasteiger partial charge in [0.1, 0.15) is 30.1 Å². The number of aliphatic imine (C=N–C) groups is 1. The van der Waals surface area contributed by atoms with Gasteiger partial charge in [0.2, 0.25) is 0 Å². The highest BCUT2D eigenvalue weighted by molar-refractivity contribution is 5.99. The van der Waals surface area contributed by atoms with Gasteiger partial charge in [-0.05, 0) is 58.9 Å². The van der Waals surface area contributed by atoms with E-state index >= 15 is 0 Å². The number of aliphatic hydroxyl groups is 2. The number of nitrogens with two attached hydrogens (primary N) is 2. The van der Waals surface area contributed by atoms with Crippen LogP contribution < -0.4 is 11.5 Å². The number of fused-ring (bicyclic) bond motifs is 1. The van der Waals surface area contributed by atoms with Crippen LogP contribution in [0.5, 0.6) is 0 Å². The van der Waals surface area contributed by atoms with Crippen molar-refractivity contribution in [1.29, 1.82) is 0 Å². The highest BCUT2D eigenvalue weighted by Crippen LogP contribution is 2.36. The second kappa shape index (κ2) is 15.2. The van der Waals surface area contributed by atoms with Crippen LogP contribution in [-0.4, -0.2) is 132 Å². The topological polar surface area (TPSA) is 172 Å². The number of piperidine rings is 1. The summed E-state index contributed by atoms with van der Waals surface area (Å²) < 4.78 is 8.39. The molecule has 5 heterocycles. The van der Waals surface area contributed by atoms with Crippen molar-refractivity contribution >= 4 is 34.7 Å². The van der Waals surface area contributed by atoms with Crippen molar-refractivity contribution in [3.63, 3.8) is 0 Å². The Labute approximate surface area is 242 Å². The number of nitrogens with zero attached hydrogens (tertiary/aromatic N) is 7. The molecule has 13 nitrogen and oxygen atoms in total. The van der Waals surface area contributed by atoms with Crippen LogP contribution in [0.1, 0.15) is 37.5 Å². The lowest BCUT2D eigenvalue weighted by atomic mass is 9.96. The summed E-state index contributed by atoms with van der Waals surface area (Å²) in [5, 5.41) is 14.7. The van der Waals surface area contributed by atoms with E-state index in [0.29, 0.717) is 41.3 Å². The maximum Gasteiger partial charge on any atom is 0.252 e. The monoisotopic (exact) mass is 573 g/mol. The Kier molecular flexibility index (Phi) is 12.0. The molecule has 2 unspecified atom stereocenters. The number of ether oxygens (including phenoxy) is 1. The Morgan fingerprint density at radius 3 is 2.44 bits per heavy atom. The minimum Gasteiger partial charge on any atom is -0.400 e. The van der Waals surface area contributed by atoms with Gasteiger partial charge in [-0.2, -0.15) is 0 Å². The summed E-state index contributed by atoms with van der Waals surface area (Å²) in [7, 11) is 7.97. The third-order valence-electron chi connectivity index (χ3n) is 7.94. The fourth-order valence-corrected chi connectivity index (χ4v) is 5.93. The molecule has 0 bridgehead atoms. The fraction of sp³-hybridized carbons (Fsp3) is 0.643. The van der Waals surface area contributed by atoms with Crippen LogP contribution in [0.25, 0.3) is 16.7 Å². The smallest absolute Gasteiger partial charge is 0.252 e. The standard InChI is InChI=1S/C26H39N9O2.2CH4O/c1-29-9-6-20(27)19-15-35(25-23(19)24(28)30-16-31-25)22-5-4-21(37-22)26(36)34(14-17-12-33(3)13-17)18-7-10-32(2)11-8-18;2*1-2/h6,9,15-18,21-22H,4-5,7-8,10-14,27H2,1-3H3,(H2,28,30,31);2*2H,1H3/b20-6-,29-9?;;. The Bertz CT molecular complexity index is 1190. The highest BCUT2D eigenvalue weighted by Gasteiger charge is 2.40. The molecule has 0 aromatic carbocycles. The first-order chi connectivity index (χ1) is 19.9. The van der Waals surface area contributed by atoms with Gasteiger partial charge in [0.15, 0.2) is 0 Å². The van der Waals surface area contributed by atoms with Crippen molar-refractivity contribution in [2.24, 2.45) is 16.6 Å². The molecular formula is C28H47N9O4. The number of hydrogen-bond donors (Lipinski definition) is 4. The fourth-order valence-electron chi connectivity index (χ4n) is 5.93. The Morgan fingerprint density at radius 1 is 1.12 bits per heavy atom. The summed E-state index contributed by atoms with van der Waals surface area (Å²) in [6, 6.07) is 0.272. The lowest BCUT2D eigenvalue weighted by molar-refractivity contribution is -0.150. The molecule has 2 aromatic rings. The molecule has 13 heteroatoms. The minimum atomic E-state index is -0.470. The summed E-state index contributed by atoms with van der Waals surface area (Å²) >= 11 is 0. The lowest BCUT2D eigenvalue weighted by Gasteiger charge is -2.44. The third-order valence-corrected chi connectivity index (χ3v) is 7.94. The Balaban J connectivity index is 0.00000111. The highest BCUT2D eigenvalue weighted by atomic mass is 16.5. The molecule has 0 radical (unpaired) electrons. The lowest BCUT2D eigenvalue weighted by Crippen LogP contribution is -2.56. The normalized spacial score (nSPS) is 22.7. The molecule has 3 fully saturated rings. The van der Waals surface area contributed by atoms with Crippen LogP contribution in [-0.2, 0) is 9.53 Å². The van der Waals surface area contributed by atoms with Crippen LogP contribution in [0.15, 0.2) is 23.6 Å². The molecule has 228 valence electrons. The van der Waals surface area contributed by atoms with Gasteiger partial charge in [-0.25, -0.2) is 9.97 Å². The van der Waals surface area contributed by atoms with Crippen LogP contribution in [0.2, 0.25) is 0 Å². The van der Waals surface area contributed by atoms with E-state index < -0.39 is 6.10 Å². The second-order valence-electron chi connectivity index (χ2n) is 10.7. The number of hydrogen-bond acceptors (Lipinski definition) is 11. The maximum atomic E-state index is 13.9. The zero-order valence-corrected chi connectivity index (χ0v) is 25.0. The maximum absolute atomic E-state index is 13.9. The summed E-state index contributed by atoms with van der Waals surface area (Å²) in [4.78, 5) is 33.3. The van der Waals surface area contributed by atoms with Gasteiger partial charge in [-0.1, -0.05) is 0 Å². The molecule has 3 saturated heterocycles. The van der Waals surface area contributed by atoms with E-state index in [1.54, 1.807) is 19.3 Å². The predicted octanol–water partition coefficient (Wildman–Crippen LogP) is 0.393. The minimum absolute atomic E-state index is 0.121. The molecule has 6 N–H and O–H groups in total. The van der Waals surface area contributed by atoms with E-state index in [1.807, 2.05) is 10.8 Å². The van der Waals surface area contributed by atoms with E-state index in [0.717, 1.165) is 65.3 Å². The third kappa shape index (κ3) is 7.41. The van der Waals surface area contributed by atoms with Gasteiger partial charge in [0.25, 0.3) is 5.91 Å². The molecule has 0 saturated carbocycles. The number of aliphatic hydroxyl groups excluding tert-OH is 2. The summed E-state index contributed by atoms with van der Waals surface area (Å²) in [6.07, 6.45) is 9.30. The van der Waals surface area contributed by atoms with Crippen molar-refractivity contribution in [3.05, 3.63) is 24.2 Å². The van der Waals surface area contributed by atoms with E-state index in [4.69, 9.17) is 26.4 Å². The number of nitrogen functional groups attached to an aromatic ring is 1. The van der Waals surface area contributed by atoms with E-state index in [2.05, 4.69) is 43.8 Å². The van der Waals surface area contributed by atoms with E-state index in [9.17, 15) is 4.79 Å². The van der Waals surface area contributed by atoms with Gasteiger partial charge < -0.3 is 45.7 Å². The average molecular weight is 574 g/mol. The molecule has 2 aromatic heterocycles. The van der Waals surface area contributed by atoms with Gasteiger partial charge in [-0.3, -0.25) is 9.79 Å². The SMILES string of the molecule is CN=C/C=C(\N)c1cn(C2CCC(C(=O)N(CC3CN(C)C3)C3CCN(C)CC3)O2)c2ncnc(N)c12.CO.CO. The molecular weight excluding hydrogens is 526 g/mol. The first-order valence-corrected chi connectivity index (χ1v) is 14.1. The molecule has 3 aliphatic heterocycles. The molecule has 0 aliphatic carbocycles. The number of carbonyl (C=O) groups excluding carboxylic acids is 1. The number of carbonyl (C=O) groups is 1. The first kappa shape index (κ1) is 32.4. The number of allylic oxidation sites excluding steroid dienone is 1. The first-order valence-electron chi connectivity index (χ1n) is 14.1. The number of rotatable bonds is 7. The number of amides is 1. The summed E-state index contributed by atoms with van der Waals surface area (Å²) in [6.45, 7) is 4.93. The van der Waals surface area contributed by atoms with Gasteiger partial charge in [0, 0.05) is 76.5 Å². The molecule has 0 spiro atoms. The average Bonchev–Trinajstić information content (AvgIpc) is 3.62. The van der Waals surface area contributed by atoms with Gasteiger partial charge >= 0.3 is 0 Å². The molecule has 1 amide bonds. The Hall–Kier alpha value is -3.10. The number of anilines is 1. The Morgan fingerprint density at radius 2 is 1.80 bits per heavy atom. The zero-order valence-electron chi connectivity index (χ0n) is 25.0. The van der Waals surface area contributed by atoms with Crippen LogP contribution in [0, 0.1) is 5.92 Å². The molecule has 2 atom stereocenters. The summed E-state index contributed by atoms with van der Waals surface area (Å²) in [5.74, 6) is 1.01. The second-order valence-corrected chi connectivity index (χ2v) is 10.7. The molecule has 5 rings (SSSR count). The van der Waals surface area contributed by atoms with E-state index in [1.165, 1.54) is 6.33 Å². The number of aromatic nitrogens is 3. The van der Waals surface area contributed by atoms with Crippen molar-refractivity contribution in [1.82, 2.24) is 29.2 Å². The predicted molar refractivity (Wildman–Crippen MR) is 161 cm³/mol. The van der Waals surface area contributed by atoms with E-state index in [-0.39, 0.29) is 18.2 Å². The quantitative estimate of drug-likeness (QED) is 0.340. The van der Waals surface area contributed by atoms with Crippen LogP contribution in [0.3, 0.4) is 0 Å². The van der Waals surface area contributed by atoms with Gasteiger partial charge in [-0.15, -0.1) is 0 Å². The largest absolute Gasteiger partial charge is 0.400 e. The van der Waals surface area contributed by atoms with Crippen molar-refractivity contribution in [3.8, 4) is 0 Å². The molecule has 41 heavy (non-hydrogen) atoms. The number of likely N-dealkylation sites (tertiary alicyclic amines) is 2. The zero-order chi connectivity index (χ0) is 30.1. The van der Waals surface area contributed by atoms with Gasteiger partial charge in [0.05, 0.1) is 5.39 Å². The van der Waals surface area contributed by atoms with Crippen molar-refractivity contribution in [2.75, 3.05) is 73.8 Å². The molecule has 3 aliphatic rings. The summed E-state index contributed by atoms with van der Waals surface area (Å²) in [5.41, 5.74) is 14.5. The van der Waals surface area contributed by atoms with Crippen molar-refractivity contribution in [2.45, 2.75) is 44.1 Å². The van der Waals surface area contributed by atoms with Crippen LogP contribution in [0.4, 0.5) is 5.82 Å². The van der Waals surface area contributed by atoms with Crippen molar-refractivity contribution < 1.29 is 19.7 Å². The van der Waals surface area contributed by atoms with Crippen LogP contribution >= 0.6 is 0 Å².